The van der Waals surface area contributed by atoms with Gasteiger partial charge in [-0.25, -0.2) is 0 Å². The number of nitrogens with zero attached hydrogens (tertiary/aromatic N) is 2. The highest BCUT2D eigenvalue weighted by atomic mass is 35.5. The predicted molar refractivity (Wildman–Crippen MR) is 73.2 cm³/mol. The molecule has 1 aromatic rings. The number of hydrogen-bond acceptors (Lipinski definition) is 2. The van der Waals surface area contributed by atoms with Crippen LogP contribution in [0.5, 0.6) is 0 Å². The number of carbonyl (C=O) groups excluding carboxylic acids is 1. The Balaban J connectivity index is 2.27. The highest BCUT2D eigenvalue weighted by Crippen LogP contribution is 2.21. The van der Waals surface area contributed by atoms with E-state index in [9.17, 15) is 4.79 Å². The Morgan fingerprint density at radius 3 is 2.89 bits per heavy atom. The molecule has 2 rings (SSSR count). The molecule has 0 radical (unpaired) electrons. The molecule has 18 heavy (non-hydrogen) atoms. The van der Waals surface area contributed by atoms with Gasteiger partial charge >= 0.3 is 0 Å². The molecular weight excluding hydrogens is 250 g/mol. The topological polar surface area (TPSA) is 37.3 Å². The van der Waals surface area contributed by atoms with Gasteiger partial charge in [0.1, 0.15) is 5.69 Å². The number of piperazine rings is 1. The third-order valence-electron chi connectivity index (χ3n) is 3.35. The van der Waals surface area contributed by atoms with Crippen LogP contribution in [0.15, 0.2) is 12.3 Å². The van der Waals surface area contributed by atoms with Gasteiger partial charge in [-0.3, -0.25) is 4.79 Å². The van der Waals surface area contributed by atoms with E-state index < -0.39 is 0 Å². The molecule has 5 heteroatoms. The van der Waals surface area contributed by atoms with Crippen LogP contribution in [-0.2, 0) is 0 Å². The summed E-state index contributed by atoms with van der Waals surface area (Å²) < 4.78 is 1.94. The van der Waals surface area contributed by atoms with Gasteiger partial charge in [-0.2, -0.15) is 0 Å². The van der Waals surface area contributed by atoms with Crippen LogP contribution >= 0.6 is 11.6 Å². The molecule has 0 unspecified atom stereocenters. The average molecular weight is 270 g/mol. The summed E-state index contributed by atoms with van der Waals surface area (Å²) in [6.45, 7) is 8.62. The van der Waals surface area contributed by atoms with Crippen LogP contribution in [0.4, 0.5) is 0 Å². The Bertz CT molecular complexity index is 441. The normalized spacial score (nSPS) is 20.5. The maximum absolute atomic E-state index is 12.6. The second-order valence-electron chi connectivity index (χ2n) is 5.10. The first kappa shape index (κ1) is 13.4. The number of rotatable bonds is 2. The third-order valence-corrected chi connectivity index (χ3v) is 3.56. The molecule has 1 atom stereocenters. The van der Waals surface area contributed by atoms with Crippen LogP contribution < -0.4 is 5.32 Å². The van der Waals surface area contributed by atoms with Crippen LogP contribution in [-0.4, -0.2) is 41.1 Å². The first-order valence-corrected chi connectivity index (χ1v) is 6.77. The number of nitrogens with one attached hydrogen (secondary N) is 1. The van der Waals surface area contributed by atoms with Crippen molar-refractivity contribution in [1.82, 2.24) is 14.8 Å². The molecule has 1 amide bonds. The fourth-order valence-electron chi connectivity index (χ4n) is 2.33. The van der Waals surface area contributed by atoms with E-state index >= 15 is 0 Å². The van der Waals surface area contributed by atoms with Crippen molar-refractivity contribution in [3.8, 4) is 0 Å². The van der Waals surface area contributed by atoms with Gasteiger partial charge in [-0.15, -0.1) is 0 Å². The smallest absolute Gasteiger partial charge is 0.270 e. The lowest BCUT2D eigenvalue weighted by Gasteiger charge is -2.34. The van der Waals surface area contributed by atoms with Crippen LogP contribution in [0.1, 0.15) is 37.3 Å². The zero-order valence-corrected chi connectivity index (χ0v) is 11.9. The first-order valence-electron chi connectivity index (χ1n) is 6.39. The van der Waals surface area contributed by atoms with Gasteiger partial charge in [0.05, 0.1) is 5.02 Å². The van der Waals surface area contributed by atoms with Crippen molar-refractivity contribution in [3.63, 3.8) is 0 Å². The molecule has 100 valence electrons. The Hall–Kier alpha value is -1.00. The minimum absolute atomic E-state index is 0.0737. The van der Waals surface area contributed by atoms with Gasteiger partial charge < -0.3 is 14.8 Å². The van der Waals surface area contributed by atoms with Crippen molar-refractivity contribution >= 4 is 17.5 Å². The molecule has 0 spiro atoms. The molecule has 0 saturated carbocycles. The molecule has 1 fully saturated rings. The Morgan fingerprint density at radius 2 is 2.28 bits per heavy atom. The van der Waals surface area contributed by atoms with E-state index in [0.29, 0.717) is 10.7 Å². The minimum atomic E-state index is 0.0737. The molecule has 0 bridgehead atoms. The molecule has 1 aliphatic heterocycles. The minimum Gasteiger partial charge on any atom is -0.339 e. The second kappa shape index (κ2) is 5.33. The van der Waals surface area contributed by atoms with Crippen LogP contribution in [0.3, 0.4) is 0 Å². The van der Waals surface area contributed by atoms with Gasteiger partial charge in [-0.05, 0) is 26.8 Å². The summed E-state index contributed by atoms with van der Waals surface area (Å²) >= 11 is 6.03. The predicted octanol–water partition coefficient (Wildman–Crippen LogP) is 2.16. The van der Waals surface area contributed by atoms with E-state index in [2.05, 4.69) is 12.2 Å². The van der Waals surface area contributed by atoms with Crippen molar-refractivity contribution in [1.29, 1.82) is 0 Å². The van der Waals surface area contributed by atoms with E-state index in [1.54, 1.807) is 6.07 Å². The van der Waals surface area contributed by atoms with Gasteiger partial charge in [0.15, 0.2) is 0 Å². The van der Waals surface area contributed by atoms with Crippen molar-refractivity contribution in [3.05, 3.63) is 23.0 Å². The van der Waals surface area contributed by atoms with Crippen LogP contribution in [0.25, 0.3) is 0 Å². The van der Waals surface area contributed by atoms with Crippen molar-refractivity contribution in [2.75, 3.05) is 19.6 Å². The molecular formula is C13H20ClN3O. The lowest BCUT2D eigenvalue weighted by Crippen LogP contribution is -2.52. The summed E-state index contributed by atoms with van der Waals surface area (Å²) in [5.41, 5.74) is 0.684. The van der Waals surface area contributed by atoms with Crippen molar-refractivity contribution in [2.24, 2.45) is 0 Å². The molecule has 0 aliphatic carbocycles. The number of carbonyl (C=O) groups is 1. The monoisotopic (exact) mass is 269 g/mol. The highest BCUT2D eigenvalue weighted by Gasteiger charge is 2.26. The van der Waals surface area contributed by atoms with Crippen LogP contribution in [0, 0.1) is 0 Å². The second-order valence-corrected chi connectivity index (χ2v) is 5.53. The number of aromatic nitrogens is 1. The van der Waals surface area contributed by atoms with E-state index in [0.717, 1.165) is 19.6 Å². The molecule has 1 aliphatic rings. The average Bonchev–Trinajstić information content (AvgIpc) is 2.71. The first-order chi connectivity index (χ1) is 8.50. The molecule has 0 aromatic carbocycles. The Kier molecular flexibility index (Phi) is 3.97. The summed E-state index contributed by atoms with van der Waals surface area (Å²) in [6.07, 6.45) is 1.83. The zero-order valence-electron chi connectivity index (χ0n) is 11.1. The summed E-state index contributed by atoms with van der Waals surface area (Å²) in [5, 5.41) is 3.91. The van der Waals surface area contributed by atoms with E-state index in [4.69, 9.17) is 11.6 Å². The number of halogens is 1. The quantitative estimate of drug-likeness (QED) is 0.893. The fraction of sp³-hybridized carbons (Fsp3) is 0.615. The molecule has 1 N–H and O–H groups in total. The van der Waals surface area contributed by atoms with Crippen molar-refractivity contribution in [2.45, 2.75) is 32.9 Å². The highest BCUT2D eigenvalue weighted by molar-refractivity contribution is 6.31. The molecule has 2 heterocycles. The van der Waals surface area contributed by atoms with Gasteiger partial charge in [0.2, 0.25) is 0 Å². The lowest BCUT2D eigenvalue weighted by molar-refractivity contribution is 0.0643. The largest absolute Gasteiger partial charge is 0.339 e. The summed E-state index contributed by atoms with van der Waals surface area (Å²) in [5.74, 6) is 0.0737. The maximum Gasteiger partial charge on any atom is 0.270 e. The molecule has 4 nitrogen and oxygen atoms in total. The lowest BCUT2D eigenvalue weighted by atomic mass is 10.2. The fourth-order valence-corrected chi connectivity index (χ4v) is 2.54. The standard InChI is InChI=1S/C13H20ClN3O/c1-9(2)17-8-11(14)6-12(17)13(18)16-5-4-15-7-10(16)3/h6,8-10,15H,4-5,7H2,1-3H3/t10-/m1/s1. The van der Waals surface area contributed by atoms with Crippen molar-refractivity contribution < 1.29 is 4.79 Å². The SMILES string of the molecule is CC(C)n1cc(Cl)cc1C(=O)N1CCNC[C@H]1C. The molecule has 1 aromatic heterocycles. The summed E-state index contributed by atoms with van der Waals surface area (Å²) in [4.78, 5) is 14.5. The van der Waals surface area contributed by atoms with Gasteiger partial charge in [0.25, 0.3) is 5.91 Å². The number of hydrogen-bond donors (Lipinski definition) is 1. The zero-order chi connectivity index (χ0) is 13.3. The van der Waals surface area contributed by atoms with E-state index in [1.165, 1.54) is 0 Å². The van der Waals surface area contributed by atoms with E-state index in [-0.39, 0.29) is 18.0 Å². The van der Waals surface area contributed by atoms with E-state index in [1.807, 2.05) is 29.5 Å². The maximum atomic E-state index is 12.6. The summed E-state index contributed by atoms with van der Waals surface area (Å²) in [7, 11) is 0. The number of amides is 1. The van der Waals surface area contributed by atoms with Gasteiger partial charge in [0, 0.05) is 37.9 Å². The molecule has 1 saturated heterocycles. The Morgan fingerprint density at radius 1 is 1.56 bits per heavy atom. The third kappa shape index (κ3) is 2.54. The van der Waals surface area contributed by atoms with Crippen LogP contribution in [0.2, 0.25) is 5.02 Å². The Labute approximate surface area is 113 Å². The summed E-state index contributed by atoms with van der Waals surface area (Å²) in [6, 6.07) is 2.22. The van der Waals surface area contributed by atoms with Gasteiger partial charge in [-0.1, -0.05) is 11.6 Å².